The van der Waals surface area contributed by atoms with Crippen LogP contribution >= 0.6 is 24.0 Å². The fourth-order valence-corrected chi connectivity index (χ4v) is 2.99. The van der Waals surface area contributed by atoms with Crippen molar-refractivity contribution in [3.63, 3.8) is 0 Å². The molecule has 6 heteroatoms. The Morgan fingerprint density at radius 3 is 2.81 bits per heavy atom. The molecular formula is C20H32IN3O2. The molecule has 0 bridgehead atoms. The minimum Gasteiger partial charge on any atom is -0.488 e. The molecule has 2 fully saturated rings. The van der Waals surface area contributed by atoms with Crippen LogP contribution in [0.4, 0.5) is 0 Å². The first-order valence-corrected chi connectivity index (χ1v) is 9.60. The van der Waals surface area contributed by atoms with E-state index in [4.69, 9.17) is 14.5 Å². The first-order valence-electron chi connectivity index (χ1n) is 9.60. The molecule has 1 aliphatic heterocycles. The molecular weight excluding hydrogens is 441 g/mol. The molecule has 0 radical (unpaired) electrons. The van der Waals surface area contributed by atoms with Gasteiger partial charge < -0.3 is 20.1 Å². The van der Waals surface area contributed by atoms with Gasteiger partial charge in [-0.15, -0.1) is 24.0 Å². The van der Waals surface area contributed by atoms with Gasteiger partial charge >= 0.3 is 0 Å². The molecule has 5 nitrogen and oxygen atoms in total. The quantitative estimate of drug-likeness (QED) is 0.344. The first kappa shape index (κ1) is 21.3. The van der Waals surface area contributed by atoms with Crippen molar-refractivity contribution in [3.8, 4) is 5.75 Å². The molecule has 2 aliphatic rings. The number of guanidine groups is 1. The van der Waals surface area contributed by atoms with Gasteiger partial charge in [0, 0.05) is 25.1 Å². The number of rotatable bonds is 8. The second-order valence-electron chi connectivity index (χ2n) is 7.07. The summed E-state index contributed by atoms with van der Waals surface area (Å²) in [7, 11) is 0. The normalized spacial score (nSPS) is 19.8. The minimum absolute atomic E-state index is 0. The monoisotopic (exact) mass is 473 g/mol. The van der Waals surface area contributed by atoms with Gasteiger partial charge in [-0.25, -0.2) is 4.99 Å². The van der Waals surface area contributed by atoms with E-state index in [1.807, 2.05) is 0 Å². The Labute approximate surface area is 174 Å². The van der Waals surface area contributed by atoms with Crippen molar-refractivity contribution in [2.45, 2.75) is 52.2 Å². The number of hydrogen-bond acceptors (Lipinski definition) is 3. The van der Waals surface area contributed by atoms with Crippen molar-refractivity contribution in [2.24, 2.45) is 10.9 Å². The van der Waals surface area contributed by atoms with Gasteiger partial charge in [-0.3, -0.25) is 0 Å². The maximum absolute atomic E-state index is 6.17. The number of nitrogens with one attached hydrogen (secondary N) is 2. The molecule has 1 atom stereocenters. The van der Waals surface area contributed by atoms with Crippen LogP contribution in [0, 0.1) is 12.8 Å². The maximum atomic E-state index is 6.17. The predicted octanol–water partition coefficient (Wildman–Crippen LogP) is 3.64. The summed E-state index contributed by atoms with van der Waals surface area (Å²) < 4.78 is 11.6. The second kappa shape index (κ2) is 11.0. The minimum atomic E-state index is 0. The SMILES string of the molecule is CCNC(=NCc1ccc(C)cc1OC1CCOC1)NCCC1CC1.I. The molecule has 1 heterocycles. The van der Waals surface area contributed by atoms with Crippen LogP contribution in [0.1, 0.15) is 43.7 Å². The lowest BCUT2D eigenvalue weighted by Crippen LogP contribution is -2.37. The fraction of sp³-hybridized carbons (Fsp3) is 0.650. The summed E-state index contributed by atoms with van der Waals surface area (Å²) >= 11 is 0. The van der Waals surface area contributed by atoms with Crippen molar-refractivity contribution in [1.29, 1.82) is 0 Å². The van der Waals surface area contributed by atoms with Crippen LogP contribution in [0.2, 0.25) is 0 Å². The van der Waals surface area contributed by atoms with Crippen LogP contribution in [0.3, 0.4) is 0 Å². The maximum Gasteiger partial charge on any atom is 0.191 e. The summed E-state index contributed by atoms with van der Waals surface area (Å²) in [5.41, 5.74) is 2.33. The first-order chi connectivity index (χ1) is 12.2. The lowest BCUT2D eigenvalue weighted by atomic mass is 10.1. The van der Waals surface area contributed by atoms with Gasteiger partial charge in [-0.1, -0.05) is 25.0 Å². The highest BCUT2D eigenvalue weighted by atomic mass is 127. The topological polar surface area (TPSA) is 54.9 Å². The van der Waals surface area contributed by atoms with Gasteiger partial charge in [0.15, 0.2) is 5.96 Å². The highest BCUT2D eigenvalue weighted by Gasteiger charge is 2.20. The van der Waals surface area contributed by atoms with Crippen LogP contribution in [0.25, 0.3) is 0 Å². The summed E-state index contributed by atoms with van der Waals surface area (Å²) in [6.45, 7) is 8.13. The molecule has 0 aromatic heterocycles. The van der Waals surface area contributed by atoms with Crippen molar-refractivity contribution in [3.05, 3.63) is 29.3 Å². The van der Waals surface area contributed by atoms with Crippen molar-refractivity contribution < 1.29 is 9.47 Å². The molecule has 146 valence electrons. The molecule has 26 heavy (non-hydrogen) atoms. The molecule has 2 N–H and O–H groups in total. The zero-order valence-electron chi connectivity index (χ0n) is 15.9. The van der Waals surface area contributed by atoms with Gasteiger partial charge in [-0.2, -0.15) is 0 Å². The standard InChI is InChI=1S/C20H31N3O2.HI/c1-3-21-20(22-10-8-16-5-6-16)23-13-17-7-4-15(2)12-19(17)25-18-9-11-24-14-18;/h4,7,12,16,18H,3,5-6,8-11,13-14H2,1-2H3,(H2,21,22,23);1H. The van der Waals surface area contributed by atoms with Crippen LogP contribution in [-0.4, -0.2) is 38.4 Å². The summed E-state index contributed by atoms with van der Waals surface area (Å²) in [4.78, 5) is 4.75. The van der Waals surface area contributed by atoms with E-state index in [1.54, 1.807) is 0 Å². The number of aryl methyl sites for hydroxylation is 1. The molecule has 3 rings (SSSR count). The highest BCUT2D eigenvalue weighted by Crippen LogP contribution is 2.31. The molecule has 1 aliphatic carbocycles. The fourth-order valence-electron chi connectivity index (χ4n) is 2.99. The molecule has 1 aromatic rings. The number of nitrogens with zero attached hydrogens (tertiary/aromatic N) is 1. The summed E-state index contributed by atoms with van der Waals surface area (Å²) in [5, 5.41) is 6.77. The van der Waals surface area contributed by atoms with Crippen molar-refractivity contribution >= 4 is 29.9 Å². The average molecular weight is 473 g/mol. The number of benzene rings is 1. The second-order valence-corrected chi connectivity index (χ2v) is 7.07. The molecule has 1 unspecified atom stereocenters. The Morgan fingerprint density at radius 1 is 1.27 bits per heavy atom. The van der Waals surface area contributed by atoms with Gasteiger partial charge in [0.25, 0.3) is 0 Å². The van der Waals surface area contributed by atoms with E-state index >= 15 is 0 Å². The Balaban J connectivity index is 0.00000243. The van der Waals surface area contributed by atoms with E-state index in [0.29, 0.717) is 13.2 Å². The zero-order valence-corrected chi connectivity index (χ0v) is 18.3. The third kappa shape index (κ3) is 6.95. The van der Waals surface area contributed by atoms with Gasteiger partial charge in [-0.05, 0) is 37.8 Å². The van der Waals surface area contributed by atoms with Crippen LogP contribution < -0.4 is 15.4 Å². The number of hydrogen-bond donors (Lipinski definition) is 2. The van der Waals surface area contributed by atoms with Gasteiger partial charge in [0.2, 0.25) is 0 Å². The van der Waals surface area contributed by atoms with Crippen molar-refractivity contribution in [1.82, 2.24) is 10.6 Å². The number of aliphatic imine (C=N–C) groups is 1. The molecule has 1 aromatic carbocycles. The Kier molecular flexibility index (Phi) is 8.98. The van der Waals surface area contributed by atoms with E-state index in [9.17, 15) is 0 Å². The number of ether oxygens (including phenoxy) is 2. The molecule has 0 amide bonds. The van der Waals surface area contributed by atoms with E-state index in [1.165, 1.54) is 24.8 Å². The third-order valence-electron chi connectivity index (χ3n) is 4.70. The predicted molar refractivity (Wildman–Crippen MR) is 117 cm³/mol. The third-order valence-corrected chi connectivity index (χ3v) is 4.70. The van der Waals surface area contributed by atoms with Crippen LogP contribution in [0.15, 0.2) is 23.2 Å². The zero-order chi connectivity index (χ0) is 17.5. The van der Waals surface area contributed by atoms with Crippen LogP contribution in [-0.2, 0) is 11.3 Å². The smallest absolute Gasteiger partial charge is 0.191 e. The van der Waals surface area contributed by atoms with E-state index in [-0.39, 0.29) is 30.1 Å². The molecule has 0 spiro atoms. The van der Waals surface area contributed by atoms with Gasteiger partial charge in [0.05, 0.1) is 19.8 Å². The van der Waals surface area contributed by atoms with Crippen LogP contribution in [0.5, 0.6) is 5.75 Å². The molecule has 1 saturated heterocycles. The Morgan fingerprint density at radius 2 is 2.12 bits per heavy atom. The molecule has 1 saturated carbocycles. The average Bonchev–Trinajstić information content (AvgIpc) is 3.28. The van der Waals surface area contributed by atoms with E-state index in [2.05, 4.69) is 42.7 Å². The Hall–Kier alpha value is -1.02. The summed E-state index contributed by atoms with van der Waals surface area (Å²) in [5.74, 6) is 2.76. The lowest BCUT2D eigenvalue weighted by Gasteiger charge is -2.16. The van der Waals surface area contributed by atoms with Crippen molar-refractivity contribution in [2.75, 3.05) is 26.3 Å². The lowest BCUT2D eigenvalue weighted by molar-refractivity contribution is 0.140. The summed E-state index contributed by atoms with van der Waals surface area (Å²) in [6.07, 6.45) is 5.15. The van der Waals surface area contributed by atoms with E-state index in [0.717, 1.165) is 49.3 Å². The largest absolute Gasteiger partial charge is 0.488 e. The summed E-state index contributed by atoms with van der Waals surface area (Å²) in [6, 6.07) is 6.35. The Bertz CT molecular complexity index is 584. The number of halogens is 1. The van der Waals surface area contributed by atoms with E-state index < -0.39 is 0 Å². The highest BCUT2D eigenvalue weighted by molar-refractivity contribution is 14.0. The van der Waals surface area contributed by atoms with Gasteiger partial charge in [0.1, 0.15) is 11.9 Å².